The van der Waals surface area contributed by atoms with Crippen molar-refractivity contribution < 1.29 is 18.7 Å². The monoisotopic (exact) mass is 383 g/mol. The van der Waals surface area contributed by atoms with E-state index >= 15 is 0 Å². The molecule has 1 N–H and O–H groups in total. The van der Waals surface area contributed by atoms with Crippen LogP contribution in [-0.2, 0) is 14.3 Å². The molecule has 0 aliphatic heterocycles. The number of esters is 1. The molecule has 27 heavy (non-hydrogen) atoms. The second-order valence-electron chi connectivity index (χ2n) is 5.97. The highest BCUT2D eigenvalue weighted by Crippen LogP contribution is 2.23. The van der Waals surface area contributed by atoms with E-state index in [2.05, 4.69) is 5.32 Å². The van der Waals surface area contributed by atoms with Crippen molar-refractivity contribution in [3.8, 4) is 0 Å². The summed E-state index contributed by atoms with van der Waals surface area (Å²) in [6.45, 7) is 1.43. The van der Waals surface area contributed by atoms with E-state index in [4.69, 9.17) is 20.8 Å². The fourth-order valence-electron chi connectivity index (χ4n) is 2.53. The quantitative estimate of drug-likeness (QED) is 0.502. The summed E-state index contributed by atoms with van der Waals surface area (Å²) in [4.78, 5) is 23.7. The maximum absolute atomic E-state index is 12.0. The lowest BCUT2D eigenvalue weighted by Crippen LogP contribution is -2.30. The molecule has 1 amide bonds. The van der Waals surface area contributed by atoms with Gasteiger partial charge in [-0.3, -0.25) is 4.79 Å². The normalized spacial score (nSPS) is 12.2. The number of furan rings is 1. The number of nitrogens with one attached hydrogen (secondary N) is 1. The van der Waals surface area contributed by atoms with E-state index in [1.165, 1.54) is 6.08 Å². The van der Waals surface area contributed by atoms with Crippen LogP contribution >= 0.6 is 11.6 Å². The van der Waals surface area contributed by atoms with Crippen LogP contribution in [0, 0.1) is 0 Å². The SMILES string of the molecule is C[C@H](NC(=O)COC(=O)/C=C/c1cccc(Cl)c1)c1cc2ccccc2o1. The van der Waals surface area contributed by atoms with E-state index in [1.54, 1.807) is 37.3 Å². The van der Waals surface area contributed by atoms with Gasteiger partial charge in [0.25, 0.3) is 5.91 Å². The van der Waals surface area contributed by atoms with Gasteiger partial charge in [0.2, 0.25) is 0 Å². The Hall–Kier alpha value is -3.05. The van der Waals surface area contributed by atoms with Gasteiger partial charge in [-0.05, 0) is 42.8 Å². The smallest absolute Gasteiger partial charge is 0.331 e. The molecule has 0 radical (unpaired) electrons. The van der Waals surface area contributed by atoms with Crippen LogP contribution in [0.3, 0.4) is 0 Å². The average molecular weight is 384 g/mol. The number of rotatable bonds is 6. The van der Waals surface area contributed by atoms with Gasteiger partial charge in [0.05, 0.1) is 6.04 Å². The predicted octanol–water partition coefficient (Wildman–Crippen LogP) is 4.52. The van der Waals surface area contributed by atoms with E-state index in [9.17, 15) is 9.59 Å². The van der Waals surface area contributed by atoms with Crippen molar-refractivity contribution in [1.82, 2.24) is 5.32 Å². The van der Waals surface area contributed by atoms with Gasteiger partial charge in [-0.25, -0.2) is 4.79 Å². The average Bonchev–Trinajstić information content (AvgIpc) is 3.09. The van der Waals surface area contributed by atoms with Crippen molar-refractivity contribution in [2.75, 3.05) is 6.61 Å². The number of benzene rings is 2. The molecule has 0 unspecified atom stereocenters. The Bertz CT molecular complexity index is 960. The molecule has 3 rings (SSSR count). The minimum atomic E-state index is -0.610. The van der Waals surface area contributed by atoms with Crippen LogP contribution < -0.4 is 5.32 Å². The first-order chi connectivity index (χ1) is 13.0. The van der Waals surface area contributed by atoms with Gasteiger partial charge in [-0.2, -0.15) is 0 Å². The number of para-hydroxylation sites is 1. The summed E-state index contributed by atoms with van der Waals surface area (Å²) in [5, 5.41) is 4.28. The second kappa shape index (κ2) is 8.56. The highest BCUT2D eigenvalue weighted by Gasteiger charge is 2.15. The van der Waals surface area contributed by atoms with Gasteiger partial charge >= 0.3 is 5.97 Å². The number of amides is 1. The van der Waals surface area contributed by atoms with Crippen molar-refractivity contribution in [1.29, 1.82) is 0 Å². The molecule has 6 heteroatoms. The molecule has 3 aromatic rings. The molecule has 138 valence electrons. The van der Waals surface area contributed by atoms with Gasteiger partial charge in [-0.1, -0.05) is 41.9 Å². The van der Waals surface area contributed by atoms with E-state index in [0.29, 0.717) is 10.8 Å². The van der Waals surface area contributed by atoms with Gasteiger partial charge < -0.3 is 14.5 Å². The molecule has 1 heterocycles. The van der Waals surface area contributed by atoms with Crippen LogP contribution in [0.2, 0.25) is 5.02 Å². The molecule has 0 saturated heterocycles. The fourth-order valence-corrected chi connectivity index (χ4v) is 2.73. The number of hydrogen-bond donors (Lipinski definition) is 1. The minimum absolute atomic E-state index is 0.342. The Morgan fingerprint density at radius 1 is 1.19 bits per heavy atom. The van der Waals surface area contributed by atoms with Crippen molar-refractivity contribution in [3.05, 3.63) is 77.0 Å². The van der Waals surface area contributed by atoms with Crippen LogP contribution in [0.15, 0.2) is 65.1 Å². The van der Waals surface area contributed by atoms with Crippen LogP contribution in [0.25, 0.3) is 17.0 Å². The molecule has 0 aliphatic rings. The number of fused-ring (bicyclic) bond motifs is 1. The van der Waals surface area contributed by atoms with Gasteiger partial charge in [-0.15, -0.1) is 0 Å². The summed E-state index contributed by atoms with van der Waals surface area (Å²) in [5.41, 5.74) is 1.52. The Morgan fingerprint density at radius 2 is 2.00 bits per heavy atom. The van der Waals surface area contributed by atoms with E-state index in [-0.39, 0.29) is 12.6 Å². The van der Waals surface area contributed by atoms with Crippen molar-refractivity contribution in [2.24, 2.45) is 0 Å². The van der Waals surface area contributed by atoms with E-state index < -0.39 is 11.9 Å². The lowest BCUT2D eigenvalue weighted by atomic mass is 10.2. The summed E-state index contributed by atoms with van der Waals surface area (Å²) in [6, 6.07) is 16.2. The molecule has 5 nitrogen and oxygen atoms in total. The Morgan fingerprint density at radius 3 is 2.78 bits per heavy atom. The standard InChI is InChI=1S/C21H18ClNO4/c1-14(19-12-16-6-2-3-8-18(16)27-19)23-20(24)13-26-21(25)10-9-15-5-4-7-17(22)11-15/h2-12,14H,13H2,1H3,(H,23,24)/b10-9+/t14-/m0/s1. The Balaban J connectivity index is 1.49. The molecular weight excluding hydrogens is 366 g/mol. The van der Waals surface area contributed by atoms with Crippen molar-refractivity contribution in [3.63, 3.8) is 0 Å². The van der Waals surface area contributed by atoms with Crippen LogP contribution in [-0.4, -0.2) is 18.5 Å². The molecular formula is C21H18ClNO4. The van der Waals surface area contributed by atoms with Crippen molar-refractivity contribution in [2.45, 2.75) is 13.0 Å². The van der Waals surface area contributed by atoms with Gasteiger partial charge in [0.15, 0.2) is 6.61 Å². The molecule has 0 fully saturated rings. The summed E-state index contributed by atoms with van der Waals surface area (Å²) >= 11 is 5.88. The Labute approximate surface area is 161 Å². The summed E-state index contributed by atoms with van der Waals surface area (Å²) in [7, 11) is 0. The van der Waals surface area contributed by atoms with Gasteiger partial charge in [0, 0.05) is 16.5 Å². The van der Waals surface area contributed by atoms with Crippen LogP contribution in [0.5, 0.6) is 0 Å². The van der Waals surface area contributed by atoms with E-state index in [0.717, 1.165) is 16.5 Å². The van der Waals surface area contributed by atoms with Crippen molar-refractivity contribution >= 4 is 40.5 Å². The highest BCUT2D eigenvalue weighted by atomic mass is 35.5. The molecule has 1 atom stereocenters. The topological polar surface area (TPSA) is 68.5 Å². The number of carbonyl (C=O) groups is 2. The third-order valence-electron chi connectivity index (χ3n) is 3.85. The molecule has 0 saturated carbocycles. The fraction of sp³-hybridized carbons (Fsp3) is 0.143. The van der Waals surface area contributed by atoms with Crippen LogP contribution in [0.1, 0.15) is 24.3 Å². The number of ether oxygens (including phenoxy) is 1. The molecule has 0 aliphatic carbocycles. The largest absolute Gasteiger partial charge is 0.459 e. The zero-order chi connectivity index (χ0) is 19.2. The van der Waals surface area contributed by atoms with Crippen LogP contribution in [0.4, 0.5) is 0 Å². The molecule has 1 aromatic heterocycles. The first-order valence-electron chi connectivity index (χ1n) is 8.39. The predicted molar refractivity (Wildman–Crippen MR) is 104 cm³/mol. The van der Waals surface area contributed by atoms with Gasteiger partial charge in [0.1, 0.15) is 11.3 Å². The zero-order valence-corrected chi connectivity index (χ0v) is 15.4. The first-order valence-corrected chi connectivity index (χ1v) is 8.77. The molecule has 0 spiro atoms. The lowest BCUT2D eigenvalue weighted by molar-refractivity contribution is -0.144. The maximum Gasteiger partial charge on any atom is 0.331 e. The molecule has 2 aromatic carbocycles. The lowest BCUT2D eigenvalue weighted by Gasteiger charge is -2.11. The highest BCUT2D eigenvalue weighted by molar-refractivity contribution is 6.30. The third-order valence-corrected chi connectivity index (χ3v) is 4.09. The minimum Gasteiger partial charge on any atom is -0.459 e. The second-order valence-corrected chi connectivity index (χ2v) is 6.41. The number of hydrogen-bond acceptors (Lipinski definition) is 4. The summed E-state index contributed by atoms with van der Waals surface area (Å²) in [5.74, 6) is -0.384. The Kier molecular flexibility index (Phi) is 5.94. The number of carbonyl (C=O) groups excluding carboxylic acids is 2. The summed E-state index contributed by atoms with van der Waals surface area (Å²) < 4.78 is 10.7. The third kappa shape index (κ3) is 5.21. The number of halogens is 1. The summed E-state index contributed by atoms with van der Waals surface area (Å²) in [6.07, 6.45) is 2.82. The first kappa shape index (κ1) is 18.7. The molecule has 0 bridgehead atoms. The van der Waals surface area contributed by atoms with E-state index in [1.807, 2.05) is 30.3 Å². The maximum atomic E-state index is 12.0. The zero-order valence-electron chi connectivity index (χ0n) is 14.6.